The van der Waals surface area contributed by atoms with Gasteiger partial charge in [-0.3, -0.25) is 9.59 Å². The molecule has 34 heavy (non-hydrogen) atoms. The number of nitrogens with one attached hydrogen (secondary N) is 1. The van der Waals surface area contributed by atoms with E-state index in [9.17, 15) is 9.59 Å². The number of carboxylic acids is 1. The average Bonchev–Trinajstić information content (AvgIpc) is 2.79. The maximum atomic E-state index is 12.7. The van der Waals surface area contributed by atoms with Gasteiger partial charge in [0.15, 0.2) is 0 Å². The number of carbonyl (C=O) groups excluding carboxylic acids is 1. The molecule has 1 unspecified atom stereocenters. The Morgan fingerprint density at radius 3 is 2.15 bits per heavy atom. The second-order valence-electron chi connectivity index (χ2n) is 8.86. The van der Waals surface area contributed by atoms with Crippen molar-refractivity contribution in [3.05, 3.63) is 87.4 Å². The molecule has 0 heterocycles. The monoisotopic (exact) mass is 478 g/mol. The van der Waals surface area contributed by atoms with Crippen molar-refractivity contribution in [1.29, 1.82) is 0 Å². The number of halogens is 1. The Hall–Kier alpha value is -3.31. The van der Waals surface area contributed by atoms with Crippen LogP contribution < -0.4 is 10.2 Å². The van der Waals surface area contributed by atoms with Crippen LogP contribution in [0.3, 0.4) is 0 Å². The Balaban J connectivity index is 1.89. The van der Waals surface area contributed by atoms with E-state index in [1.807, 2.05) is 45.0 Å². The number of rotatable bonds is 7. The molecule has 3 aromatic carbocycles. The highest BCUT2D eigenvalue weighted by atomic mass is 35.5. The molecule has 3 aromatic rings. The summed E-state index contributed by atoms with van der Waals surface area (Å²) in [4.78, 5) is 26.0. The molecule has 0 bridgehead atoms. The Labute approximate surface area is 206 Å². The third kappa shape index (κ3) is 5.42. The third-order valence-corrected chi connectivity index (χ3v) is 6.73. The lowest BCUT2D eigenvalue weighted by Crippen LogP contribution is -2.38. The Bertz CT molecular complexity index is 1220. The van der Waals surface area contributed by atoms with Crippen LogP contribution in [0.25, 0.3) is 11.1 Å². The van der Waals surface area contributed by atoms with Crippen molar-refractivity contribution < 1.29 is 14.7 Å². The van der Waals surface area contributed by atoms with Gasteiger partial charge in [0.2, 0.25) is 0 Å². The van der Waals surface area contributed by atoms with Gasteiger partial charge >= 0.3 is 5.97 Å². The quantitative estimate of drug-likeness (QED) is 0.416. The van der Waals surface area contributed by atoms with Gasteiger partial charge in [-0.15, -0.1) is 0 Å². The number of hydrogen-bond donors (Lipinski definition) is 2. The highest BCUT2D eigenvalue weighted by molar-refractivity contribution is 6.31. The normalized spacial score (nSPS) is 12.7. The van der Waals surface area contributed by atoms with E-state index in [4.69, 9.17) is 16.7 Å². The number of carbonyl (C=O) groups is 2. The third-order valence-electron chi connectivity index (χ3n) is 6.31. The minimum absolute atomic E-state index is 0.150. The molecule has 0 aromatic heterocycles. The number of anilines is 1. The van der Waals surface area contributed by atoms with Crippen LogP contribution in [0.5, 0.6) is 0 Å². The summed E-state index contributed by atoms with van der Waals surface area (Å²) >= 11 is 6.20. The van der Waals surface area contributed by atoms with Crippen molar-refractivity contribution in [2.45, 2.75) is 46.7 Å². The van der Waals surface area contributed by atoms with E-state index in [1.54, 1.807) is 0 Å². The molecule has 3 rings (SSSR count). The lowest BCUT2D eigenvalue weighted by Gasteiger charge is -2.28. The number of benzene rings is 3. The summed E-state index contributed by atoms with van der Waals surface area (Å²) in [6.45, 7) is 9.37. The number of carboxylic acid groups (broad SMARTS) is 1. The predicted octanol–water partition coefficient (Wildman–Crippen LogP) is 6.33. The van der Waals surface area contributed by atoms with Gasteiger partial charge in [0.1, 0.15) is 6.04 Å². The molecule has 1 amide bonds. The van der Waals surface area contributed by atoms with Gasteiger partial charge in [-0.05, 0) is 86.2 Å². The van der Waals surface area contributed by atoms with Crippen LogP contribution in [-0.2, 0) is 4.79 Å². The zero-order valence-electron chi connectivity index (χ0n) is 20.4. The summed E-state index contributed by atoms with van der Waals surface area (Å²) in [7, 11) is 2.07. The summed E-state index contributed by atoms with van der Waals surface area (Å²) in [5, 5.41) is 12.4. The van der Waals surface area contributed by atoms with Crippen LogP contribution in [0.1, 0.15) is 52.5 Å². The minimum atomic E-state index is -1.07. The molecule has 6 heteroatoms. The number of nitrogens with zero attached hydrogens (tertiary/aromatic N) is 1. The van der Waals surface area contributed by atoms with Gasteiger partial charge in [0.25, 0.3) is 5.91 Å². The topological polar surface area (TPSA) is 69.6 Å². The Kier molecular flexibility index (Phi) is 7.68. The second kappa shape index (κ2) is 10.3. The van der Waals surface area contributed by atoms with Crippen LogP contribution in [0.2, 0.25) is 5.02 Å². The van der Waals surface area contributed by atoms with Crippen LogP contribution in [0, 0.1) is 20.8 Å². The first-order chi connectivity index (χ1) is 16.0. The summed E-state index contributed by atoms with van der Waals surface area (Å²) in [5.41, 5.74) is 7.47. The molecule has 0 saturated carbocycles. The molecular formula is C28H31ClN2O3. The first kappa shape index (κ1) is 25.3. The SMILES string of the molecule is Cc1cc([C@H](C)N(C)c2cccc(-c3cc(C)c(C(=O)NC(C)C(=O)O)c(C)c3)c2)ccc1Cl. The summed E-state index contributed by atoms with van der Waals surface area (Å²) in [6, 6.07) is 17.6. The summed E-state index contributed by atoms with van der Waals surface area (Å²) in [5.74, 6) is -1.44. The van der Waals surface area contributed by atoms with Gasteiger partial charge < -0.3 is 15.3 Å². The largest absolute Gasteiger partial charge is 0.480 e. The van der Waals surface area contributed by atoms with E-state index in [2.05, 4.69) is 54.5 Å². The molecule has 0 aliphatic carbocycles. The van der Waals surface area contributed by atoms with Crippen molar-refractivity contribution in [1.82, 2.24) is 5.32 Å². The van der Waals surface area contributed by atoms with Crippen LogP contribution >= 0.6 is 11.6 Å². The molecule has 5 nitrogen and oxygen atoms in total. The molecule has 0 saturated heterocycles. The Morgan fingerprint density at radius 1 is 0.912 bits per heavy atom. The van der Waals surface area contributed by atoms with Crippen molar-refractivity contribution >= 4 is 29.2 Å². The van der Waals surface area contributed by atoms with Crippen LogP contribution in [-0.4, -0.2) is 30.1 Å². The van der Waals surface area contributed by atoms with E-state index in [0.717, 1.165) is 38.5 Å². The lowest BCUT2D eigenvalue weighted by atomic mass is 9.94. The highest BCUT2D eigenvalue weighted by Gasteiger charge is 2.20. The van der Waals surface area contributed by atoms with E-state index < -0.39 is 12.0 Å². The Morgan fingerprint density at radius 2 is 1.56 bits per heavy atom. The van der Waals surface area contributed by atoms with E-state index >= 15 is 0 Å². The fourth-order valence-electron chi connectivity index (χ4n) is 4.10. The fourth-order valence-corrected chi connectivity index (χ4v) is 4.22. The molecule has 0 aliphatic rings. The molecule has 0 spiro atoms. The molecule has 0 radical (unpaired) electrons. The summed E-state index contributed by atoms with van der Waals surface area (Å²) < 4.78 is 0. The highest BCUT2D eigenvalue weighted by Crippen LogP contribution is 2.32. The minimum Gasteiger partial charge on any atom is -0.480 e. The zero-order valence-corrected chi connectivity index (χ0v) is 21.2. The van der Waals surface area contributed by atoms with Crippen molar-refractivity contribution in [2.75, 3.05) is 11.9 Å². The molecule has 178 valence electrons. The molecule has 0 fully saturated rings. The van der Waals surface area contributed by atoms with Crippen molar-refractivity contribution in [3.8, 4) is 11.1 Å². The van der Waals surface area contributed by atoms with E-state index in [0.29, 0.717) is 5.56 Å². The standard InChI is InChI=1S/C28H31ClN2O3/c1-16-12-21(10-11-25(16)29)20(5)31(6)24-9-7-8-22(15-24)23-13-17(2)26(18(3)14-23)27(32)30-19(4)28(33)34/h7-15,19-20H,1-6H3,(H,30,32)(H,33,34)/t19?,20-/m0/s1. The maximum absolute atomic E-state index is 12.7. The van der Waals surface area contributed by atoms with Gasteiger partial charge in [-0.2, -0.15) is 0 Å². The first-order valence-corrected chi connectivity index (χ1v) is 11.6. The zero-order chi connectivity index (χ0) is 25.2. The van der Waals surface area contributed by atoms with Gasteiger partial charge in [0, 0.05) is 23.3 Å². The maximum Gasteiger partial charge on any atom is 0.325 e. The number of aryl methyl sites for hydroxylation is 3. The predicted molar refractivity (Wildman–Crippen MR) is 139 cm³/mol. The molecule has 2 N–H and O–H groups in total. The number of aliphatic carboxylic acids is 1. The van der Waals surface area contributed by atoms with Crippen LogP contribution in [0.15, 0.2) is 54.6 Å². The molecule has 0 aliphatic heterocycles. The first-order valence-electron chi connectivity index (χ1n) is 11.2. The van der Waals surface area contributed by atoms with E-state index in [1.165, 1.54) is 12.5 Å². The average molecular weight is 479 g/mol. The smallest absolute Gasteiger partial charge is 0.325 e. The number of hydrogen-bond acceptors (Lipinski definition) is 3. The van der Waals surface area contributed by atoms with Crippen molar-refractivity contribution in [3.63, 3.8) is 0 Å². The molecule has 2 atom stereocenters. The second-order valence-corrected chi connectivity index (χ2v) is 9.27. The lowest BCUT2D eigenvalue weighted by molar-refractivity contribution is -0.138. The molecular weight excluding hydrogens is 448 g/mol. The number of amides is 1. The van der Waals surface area contributed by atoms with Crippen molar-refractivity contribution in [2.24, 2.45) is 0 Å². The van der Waals surface area contributed by atoms with Crippen LogP contribution in [0.4, 0.5) is 5.69 Å². The fraction of sp³-hybridized carbons (Fsp3) is 0.286. The summed E-state index contributed by atoms with van der Waals surface area (Å²) in [6.07, 6.45) is 0. The van der Waals surface area contributed by atoms with Gasteiger partial charge in [-0.25, -0.2) is 0 Å². The van der Waals surface area contributed by atoms with Gasteiger partial charge in [-0.1, -0.05) is 48.0 Å². The van der Waals surface area contributed by atoms with Gasteiger partial charge in [0.05, 0.1) is 6.04 Å². The van der Waals surface area contributed by atoms with E-state index in [-0.39, 0.29) is 11.9 Å².